The van der Waals surface area contributed by atoms with Crippen LogP contribution >= 0.6 is 12.2 Å². The van der Waals surface area contributed by atoms with Crippen molar-refractivity contribution < 1.29 is 4.74 Å². The molecule has 0 aliphatic carbocycles. The number of likely N-dealkylation sites (N-methyl/N-ethyl adjacent to an activating group) is 1. The molecule has 1 atom stereocenters. The van der Waals surface area contributed by atoms with Gasteiger partial charge in [0, 0.05) is 6.54 Å². The Balaban J connectivity index is 3.61. The van der Waals surface area contributed by atoms with Crippen LogP contribution in [0, 0.1) is 0 Å². The molecule has 0 amide bonds. The van der Waals surface area contributed by atoms with Gasteiger partial charge in [0.05, 0.1) is 6.04 Å². The third-order valence-electron chi connectivity index (χ3n) is 1.40. The number of hydrogen-bond donors (Lipinski definition) is 2. The lowest BCUT2D eigenvalue weighted by atomic mass is 10.2. The molecule has 0 aromatic rings. The molecule has 0 radical (unpaired) electrons. The molecule has 4 heteroatoms. The van der Waals surface area contributed by atoms with E-state index in [-0.39, 0.29) is 6.04 Å². The molecule has 0 aliphatic heterocycles. The lowest BCUT2D eigenvalue weighted by Gasteiger charge is -2.15. The van der Waals surface area contributed by atoms with Gasteiger partial charge < -0.3 is 15.8 Å². The van der Waals surface area contributed by atoms with Gasteiger partial charge in [-0.15, -0.1) is 0 Å². The Hall–Kier alpha value is -0.190. The van der Waals surface area contributed by atoms with Crippen LogP contribution in [-0.2, 0) is 4.74 Å². The number of nitrogens with one attached hydrogen (secondary N) is 1. The molecule has 66 valence electrons. The van der Waals surface area contributed by atoms with E-state index in [0.717, 1.165) is 6.42 Å². The van der Waals surface area contributed by atoms with E-state index in [4.69, 9.17) is 22.7 Å². The van der Waals surface area contributed by atoms with Crippen LogP contribution in [0.5, 0.6) is 0 Å². The fourth-order valence-corrected chi connectivity index (χ4v) is 1.12. The molecule has 1 unspecified atom stereocenters. The van der Waals surface area contributed by atoms with E-state index in [2.05, 4.69) is 12.2 Å². The SMILES string of the molecule is CCC(NC)C(=S)OCCN. The first-order valence-electron chi connectivity index (χ1n) is 3.80. The van der Waals surface area contributed by atoms with Gasteiger partial charge >= 0.3 is 0 Å². The van der Waals surface area contributed by atoms with E-state index in [1.54, 1.807) is 0 Å². The van der Waals surface area contributed by atoms with Crippen molar-refractivity contribution in [3.05, 3.63) is 0 Å². The summed E-state index contributed by atoms with van der Waals surface area (Å²) in [6, 6.07) is 0.177. The summed E-state index contributed by atoms with van der Waals surface area (Å²) in [6.07, 6.45) is 0.944. The molecular weight excluding hydrogens is 160 g/mol. The van der Waals surface area contributed by atoms with Gasteiger partial charge in [0.15, 0.2) is 5.05 Å². The lowest BCUT2D eigenvalue weighted by molar-refractivity contribution is 0.304. The van der Waals surface area contributed by atoms with Crippen LogP contribution in [0.1, 0.15) is 13.3 Å². The molecule has 0 saturated heterocycles. The van der Waals surface area contributed by atoms with Gasteiger partial charge in [-0.3, -0.25) is 0 Å². The maximum atomic E-state index is 5.25. The molecule has 0 spiro atoms. The maximum Gasteiger partial charge on any atom is 0.176 e. The Kier molecular flexibility index (Phi) is 6.40. The Labute approximate surface area is 73.3 Å². The normalized spacial score (nSPS) is 12.6. The highest BCUT2D eigenvalue weighted by Crippen LogP contribution is 1.95. The minimum atomic E-state index is 0.177. The summed E-state index contributed by atoms with van der Waals surface area (Å²) >= 11 is 5.00. The van der Waals surface area contributed by atoms with E-state index in [1.165, 1.54) is 0 Å². The van der Waals surface area contributed by atoms with Crippen molar-refractivity contribution >= 4 is 17.3 Å². The molecule has 0 rings (SSSR count). The summed E-state index contributed by atoms with van der Waals surface area (Å²) in [5, 5.41) is 3.66. The summed E-state index contributed by atoms with van der Waals surface area (Å²) in [6.45, 7) is 3.08. The van der Waals surface area contributed by atoms with Gasteiger partial charge in [0.2, 0.25) is 0 Å². The minimum absolute atomic E-state index is 0.177. The highest BCUT2D eigenvalue weighted by molar-refractivity contribution is 7.80. The Morgan fingerprint density at radius 3 is 2.73 bits per heavy atom. The zero-order valence-electron chi connectivity index (χ0n) is 7.09. The highest BCUT2D eigenvalue weighted by Gasteiger charge is 2.09. The molecule has 11 heavy (non-hydrogen) atoms. The molecule has 3 nitrogen and oxygen atoms in total. The molecule has 0 aliphatic rings. The molecular formula is C7H16N2OS. The molecule has 0 bridgehead atoms. The van der Waals surface area contributed by atoms with Gasteiger partial charge in [0.25, 0.3) is 0 Å². The molecule has 0 heterocycles. The number of nitrogens with two attached hydrogens (primary N) is 1. The first-order chi connectivity index (χ1) is 5.26. The fourth-order valence-electron chi connectivity index (χ4n) is 0.749. The lowest BCUT2D eigenvalue weighted by Crippen LogP contribution is -2.34. The van der Waals surface area contributed by atoms with E-state index in [1.807, 2.05) is 7.05 Å². The zero-order chi connectivity index (χ0) is 8.69. The monoisotopic (exact) mass is 176 g/mol. The standard InChI is InChI=1S/C7H16N2OS/c1-3-6(9-2)7(11)10-5-4-8/h6,9H,3-5,8H2,1-2H3. The van der Waals surface area contributed by atoms with Gasteiger partial charge in [0.1, 0.15) is 6.61 Å². The molecule has 0 saturated carbocycles. The first kappa shape index (κ1) is 10.8. The van der Waals surface area contributed by atoms with Crippen LogP contribution in [0.2, 0.25) is 0 Å². The highest BCUT2D eigenvalue weighted by atomic mass is 32.1. The number of hydrogen-bond acceptors (Lipinski definition) is 4. The van der Waals surface area contributed by atoms with Crippen molar-refractivity contribution in [2.45, 2.75) is 19.4 Å². The average molecular weight is 176 g/mol. The van der Waals surface area contributed by atoms with E-state index in [9.17, 15) is 0 Å². The third-order valence-corrected chi connectivity index (χ3v) is 1.81. The summed E-state index contributed by atoms with van der Waals surface area (Å²) in [5.74, 6) is 0. The van der Waals surface area contributed by atoms with Gasteiger partial charge in [-0.1, -0.05) is 6.92 Å². The second kappa shape index (κ2) is 6.52. The summed E-state index contributed by atoms with van der Waals surface area (Å²) in [5.41, 5.74) is 5.25. The summed E-state index contributed by atoms with van der Waals surface area (Å²) in [4.78, 5) is 0. The van der Waals surface area contributed by atoms with E-state index < -0.39 is 0 Å². The first-order valence-corrected chi connectivity index (χ1v) is 4.21. The molecule has 0 aromatic carbocycles. The van der Waals surface area contributed by atoms with Crippen LogP contribution in [0.3, 0.4) is 0 Å². The average Bonchev–Trinajstić information content (AvgIpc) is 2.03. The third kappa shape index (κ3) is 4.29. The Morgan fingerprint density at radius 2 is 2.36 bits per heavy atom. The van der Waals surface area contributed by atoms with Crippen LogP contribution in [-0.4, -0.2) is 31.3 Å². The topological polar surface area (TPSA) is 47.3 Å². The number of rotatable bonds is 5. The van der Waals surface area contributed by atoms with Crippen LogP contribution < -0.4 is 11.1 Å². The fraction of sp³-hybridized carbons (Fsp3) is 0.857. The largest absolute Gasteiger partial charge is 0.484 e. The quantitative estimate of drug-likeness (QED) is 0.591. The van der Waals surface area contributed by atoms with E-state index in [0.29, 0.717) is 18.2 Å². The second-order valence-electron chi connectivity index (χ2n) is 2.21. The van der Waals surface area contributed by atoms with Crippen molar-refractivity contribution in [1.82, 2.24) is 5.32 Å². The van der Waals surface area contributed by atoms with Crippen molar-refractivity contribution in [2.75, 3.05) is 20.2 Å². The van der Waals surface area contributed by atoms with Crippen LogP contribution in [0.15, 0.2) is 0 Å². The van der Waals surface area contributed by atoms with Crippen molar-refractivity contribution in [3.8, 4) is 0 Å². The van der Waals surface area contributed by atoms with Crippen LogP contribution in [0.25, 0.3) is 0 Å². The van der Waals surface area contributed by atoms with Crippen LogP contribution in [0.4, 0.5) is 0 Å². The van der Waals surface area contributed by atoms with Crippen molar-refractivity contribution in [2.24, 2.45) is 5.73 Å². The van der Waals surface area contributed by atoms with Gasteiger partial charge in [-0.25, -0.2) is 0 Å². The maximum absolute atomic E-state index is 5.25. The minimum Gasteiger partial charge on any atom is -0.484 e. The van der Waals surface area contributed by atoms with E-state index >= 15 is 0 Å². The number of thiocarbonyl (C=S) groups is 1. The Bertz CT molecular complexity index is 115. The van der Waals surface area contributed by atoms with Gasteiger partial charge in [-0.2, -0.15) is 0 Å². The van der Waals surface area contributed by atoms with Crippen molar-refractivity contribution in [1.29, 1.82) is 0 Å². The summed E-state index contributed by atoms with van der Waals surface area (Å²) in [7, 11) is 1.87. The molecule has 0 fully saturated rings. The molecule has 3 N–H and O–H groups in total. The van der Waals surface area contributed by atoms with Gasteiger partial charge in [-0.05, 0) is 25.7 Å². The summed E-state index contributed by atoms with van der Waals surface area (Å²) < 4.78 is 5.18. The predicted molar refractivity (Wildman–Crippen MR) is 50.7 cm³/mol. The Morgan fingerprint density at radius 1 is 1.73 bits per heavy atom. The smallest absolute Gasteiger partial charge is 0.176 e. The zero-order valence-corrected chi connectivity index (χ0v) is 7.91. The predicted octanol–water partition coefficient (Wildman–Crippen LogP) is 0.287. The number of ether oxygens (including phenoxy) is 1. The molecule has 0 aromatic heterocycles. The van der Waals surface area contributed by atoms with Crippen molar-refractivity contribution in [3.63, 3.8) is 0 Å². The second-order valence-corrected chi connectivity index (χ2v) is 2.61.